The van der Waals surface area contributed by atoms with Gasteiger partial charge in [-0.05, 0) is 51.9 Å². The van der Waals surface area contributed by atoms with E-state index in [2.05, 4.69) is 46.6 Å². The van der Waals surface area contributed by atoms with Crippen LogP contribution in [0.4, 0.5) is 0 Å². The molecule has 0 aliphatic heterocycles. The zero-order valence-electron chi connectivity index (χ0n) is 17.5. The predicted octanol–water partition coefficient (Wildman–Crippen LogP) is 3.12. The van der Waals surface area contributed by atoms with Crippen LogP contribution in [0.15, 0.2) is 29.3 Å². The van der Waals surface area contributed by atoms with Crippen LogP contribution in [0.25, 0.3) is 0 Å². The largest absolute Gasteiger partial charge is 0.491 e. The lowest BCUT2D eigenvalue weighted by atomic mass is 10.2. The second kappa shape index (κ2) is 15.9. The first-order chi connectivity index (χ1) is 12.5. The van der Waals surface area contributed by atoms with Gasteiger partial charge in [-0.15, -0.1) is 24.0 Å². The van der Waals surface area contributed by atoms with Crippen LogP contribution in [0.2, 0.25) is 0 Å². The molecule has 1 aromatic rings. The minimum absolute atomic E-state index is 0. The highest BCUT2D eigenvalue weighted by Crippen LogP contribution is 2.14. The molecule has 1 rings (SSSR count). The van der Waals surface area contributed by atoms with Crippen LogP contribution < -0.4 is 15.4 Å². The molecular formula is C20H37IN4O2. The van der Waals surface area contributed by atoms with E-state index in [1.54, 1.807) is 7.11 Å². The Morgan fingerprint density at radius 1 is 1.15 bits per heavy atom. The number of likely N-dealkylation sites (N-methyl/N-ethyl adjacent to an activating group) is 1. The average molecular weight is 492 g/mol. The van der Waals surface area contributed by atoms with Crippen LogP contribution in [0.1, 0.15) is 32.8 Å². The molecule has 1 aromatic carbocycles. The number of ether oxygens (including phenoxy) is 2. The predicted molar refractivity (Wildman–Crippen MR) is 124 cm³/mol. The molecule has 0 aromatic heterocycles. The molecule has 7 heteroatoms. The van der Waals surface area contributed by atoms with Gasteiger partial charge in [0.25, 0.3) is 0 Å². The summed E-state index contributed by atoms with van der Waals surface area (Å²) in [5, 5.41) is 6.68. The van der Waals surface area contributed by atoms with Crippen LogP contribution in [-0.2, 0) is 11.3 Å². The Morgan fingerprint density at radius 3 is 2.44 bits per heavy atom. The van der Waals surface area contributed by atoms with Crippen molar-refractivity contribution in [2.45, 2.75) is 39.8 Å². The number of rotatable bonds is 12. The minimum Gasteiger partial charge on any atom is -0.491 e. The smallest absolute Gasteiger partial charge is 0.191 e. The number of benzene rings is 1. The van der Waals surface area contributed by atoms with Crippen molar-refractivity contribution in [2.24, 2.45) is 4.99 Å². The topological polar surface area (TPSA) is 58.1 Å². The van der Waals surface area contributed by atoms with Crippen molar-refractivity contribution >= 4 is 29.9 Å². The van der Waals surface area contributed by atoms with Gasteiger partial charge in [0.15, 0.2) is 5.96 Å². The molecule has 0 aliphatic carbocycles. The third-order valence-electron chi connectivity index (χ3n) is 3.73. The number of halogens is 1. The Bertz CT molecular complexity index is 509. The Morgan fingerprint density at radius 2 is 1.85 bits per heavy atom. The van der Waals surface area contributed by atoms with Gasteiger partial charge < -0.3 is 25.0 Å². The van der Waals surface area contributed by atoms with Gasteiger partial charge in [0.05, 0.1) is 12.6 Å². The number of hydrogen-bond donors (Lipinski definition) is 2. The van der Waals surface area contributed by atoms with Gasteiger partial charge in [-0.1, -0.05) is 12.1 Å². The average Bonchev–Trinajstić information content (AvgIpc) is 2.60. The maximum absolute atomic E-state index is 5.67. The van der Waals surface area contributed by atoms with Crippen molar-refractivity contribution in [1.29, 1.82) is 0 Å². The summed E-state index contributed by atoms with van der Waals surface area (Å²) in [6.45, 7) is 11.3. The molecule has 0 unspecified atom stereocenters. The molecular weight excluding hydrogens is 455 g/mol. The maximum atomic E-state index is 5.67. The fourth-order valence-corrected chi connectivity index (χ4v) is 2.41. The van der Waals surface area contributed by atoms with E-state index >= 15 is 0 Å². The zero-order valence-corrected chi connectivity index (χ0v) is 19.8. The third-order valence-corrected chi connectivity index (χ3v) is 3.73. The molecule has 0 aliphatic rings. The van der Waals surface area contributed by atoms with E-state index in [0.717, 1.165) is 56.5 Å². The van der Waals surface area contributed by atoms with Crippen molar-refractivity contribution in [3.05, 3.63) is 29.8 Å². The SMILES string of the molecule is CCNC(=NCc1ccc(OC(C)C)cc1)NCCN(C)CCCOC.I. The lowest BCUT2D eigenvalue weighted by molar-refractivity contribution is 0.180. The van der Waals surface area contributed by atoms with Crippen LogP contribution in [0.3, 0.4) is 0 Å². The summed E-state index contributed by atoms with van der Waals surface area (Å²) in [6, 6.07) is 8.13. The van der Waals surface area contributed by atoms with Crippen molar-refractivity contribution in [3.63, 3.8) is 0 Å². The van der Waals surface area contributed by atoms with E-state index in [1.807, 2.05) is 26.0 Å². The molecule has 0 radical (unpaired) electrons. The quantitative estimate of drug-likeness (QED) is 0.203. The van der Waals surface area contributed by atoms with Gasteiger partial charge in [0.2, 0.25) is 0 Å². The summed E-state index contributed by atoms with van der Waals surface area (Å²) in [7, 11) is 3.87. The van der Waals surface area contributed by atoms with Crippen LogP contribution in [0, 0.1) is 0 Å². The summed E-state index contributed by atoms with van der Waals surface area (Å²) < 4.78 is 10.8. The second-order valence-electron chi connectivity index (χ2n) is 6.58. The number of nitrogens with one attached hydrogen (secondary N) is 2. The molecule has 0 heterocycles. The molecule has 0 spiro atoms. The summed E-state index contributed by atoms with van der Waals surface area (Å²) in [4.78, 5) is 6.96. The van der Waals surface area contributed by atoms with Crippen LogP contribution >= 0.6 is 24.0 Å². The number of guanidine groups is 1. The first kappa shape index (κ1) is 25.9. The van der Waals surface area contributed by atoms with Crippen molar-refractivity contribution in [1.82, 2.24) is 15.5 Å². The lowest BCUT2D eigenvalue weighted by Gasteiger charge is -2.18. The van der Waals surface area contributed by atoms with Gasteiger partial charge in [0, 0.05) is 39.9 Å². The normalized spacial score (nSPS) is 11.4. The Labute approximate surface area is 182 Å². The molecule has 27 heavy (non-hydrogen) atoms. The minimum atomic E-state index is 0. The molecule has 0 amide bonds. The van der Waals surface area contributed by atoms with Crippen molar-refractivity contribution in [2.75, 3.05) is 46.9 Å². The molecule has 0 fully saturated rings. The summed E-state index contributed by atoms with van der Waals surface area (Å²) in [5.41, 5.74) is 1.16. The lowest BCUT2D eigenvalue weighted by Crippen LogP contribution is -2.41. The van der Waals surface area contributed by atoms with Gasteiger partial charge >= 0.3 is 0 Å². The fraction of sp³-hybridized carbons (Fsp3) is 0.650. The molecule has 0 saturated heterocycles. The fourth-order valence-electron chi connectivity index (χ4n) is 2.41. The molecule has 156 valence electrons. The molecule has 6 nitrogen and oxygen atoms in total. The summed E-state index contributed by atoms with van der Waals surface area (Å²) >= 11 is 0. The molecule has 2 N–H and O–H groups in total. The zero-order chi connectivity index (χ0) is 19.2. The number of aliphatic imine (C=N–C) groups is 1. The Balaban J connectivity index is 0.00000676. The van der Waals surface area contributed by atoms with Crippen LogP contribution in [-0.4, -0.2) is 63.9 Å². The van der Waals surface area contributed by atoms with E-state index < -0.39 is 0 Å². The van der Waals surface area contributed by atoms with Crippen molar-refractivity contribution < 1.29 is 9.47 Å². The van der Waals surface area contributed by atoms with E-state index in [-0.39, 0.29) is 30.1 Å². The highest BCUT2D eigenvalue weighted by molar-refractivity contribution is 14.0. The standard InChI is InChI=1S/C20H36N4O2.HI/c1-6-21-20(22-12-14-24(4)13-7-15-25-5)23-16-18-8-10-19(11-9-18)26-17(2)3;/h8-11,17H,6-7,12-16H2,1-5H3,(H2,21,22,23);1H. The van der Waals surface area contributed by atoms with Gasteiger partial charge in [-0.3, -0.25) is 0 Å². The van der Waals surface area contributed by atoms with Gasteiger partial charge in [-0.2, -0.15) is 0 Å². The first-order valence-electron chi connectivity index (χ1n) is 9.50. The van der Waals surface area contributed by atoms with Crippen molar-refractivity contribution in [3.8, 4) is 5.75 Å². The van der Waals surface area contributed by atoms with E-state index in [4.69, 9.17) is 9.47 Å². The first-order valence-corrected chi connectivity index (χ1v) is 9.50. The number of methoxy groups -OCH3 is 1. The molecule has 0 saturated carbocycles. The second-order valence-corrected chi connectivity index (χ2v) is 6.58. The van der Waals surface area contributed by atoms with Crippen LogP contribution in [0.5, 0.6) is 5.75 Å². The Hall–Kier alpha value is -1.06. The third kappa shape index (κ3) is 12.9. The van der Waals surface area contributed by atoms with E-state index in [0.29, 0.717) is 6.54 Å². The molecule has 0 bridgehead atoms. The number of hydrogen-bond acceptors (Lipinski definition) is 4. The summed E-state index contributed by atoms with van der Waals surface area (Å²) in [6.07, 6.45) is 1.24. The van der Waals surface area contributed by atoms with Gasteiger partial charge in [-0.25, -0.2) is 4.99 Å². The van der Waals surface area contributed by atoms with E-state index in [9.17, 15) is 0 Å². The monoisotopic (exact) mass is 492 g/mol. The highest BCUT2D eigenvalue weighted by Gasteiger charge is 2.02. The van der Waals surface area contributed by atoms with E-state index in [1.165, 1.54) is 0 Å². The maximum Gasteiger partial charge on any atom is 0.191 e. The highest BCUT2D eigenvalue weighted by atomic mass is 127. The Kier molecular flexibility index (Phi) is 15.3. The van der Waals surface area contributed by atoms with Gasteiger partial charge in [0.1, 0.15) is 5.75 Å². The number of nitrogens with zero attached hydrogens (tertiary/aromatic N) is 2. The summed E-state index contributed by atoms with van der Waals surface area (Å²) in [5.74, 6) is 1.74. The molecule has 0 atom stereocenters.